The molecule has 0 aromatic rings. The monoisotopic (exact) mass is 2200 g/mol. The van der Waals surface area contributed by atoms with E-state index in [-0.39, 0.29) is 0 Å². The van der Waals surface area contributed by atoms with Crippen LogP contribution in [-0.4, -0.2) is 295 Å². The van der Waals surface area contributed by atoms with Gasteiger partial charge >= 0.3 is 88.0 Å². The molecule has 0 atom stereocenters. The highest BCUT2D eigenvalue weighted by Gasteiger charge is 2.44. The molecular weight excluding hydrogens is 1960 g/mol. The number of hydrogen-bond acceptors (Lipinski definition) is 30. The van der Waals surface area contributed by atoms with Crippen LogP contribution in [0.1, 0.15) is 395 Å². The van der Waals surface area contributed by atoms with E-state index in [0.717, 1.165) is 86.9 Å². The molecule has 40 heteroatoms. The Balaban J connectivity index is -0.000000169. The third-order valence-electron chi connectivity index (χ3n) is 23.2. The molecule has 0 unspecified atom stereocenters. The van der Waals surface area contributed by atoms with Gasteiger partial charge in [-0.2, -0.15) is 0 Å². The standard InChI is InChI=1S/C17H38O3Si.C15H34O3Si.C13H30O3Si.2C11H26O3Si.C9H22O3Si.C8H20O3Si.C7H18O3Si.C5H14O3Si.C4H12O3Si/c1-5-8-9-10-11-12-13-14-15-16-17-21(18-4,19-6-2)20-7-3;1-5-6-7-8-9-10-11-12-13-14-15-19(16-2,17-3)18-4;1-5-8-9-10-11-12-13-17(14-4,15-6-2)16-7-3;1-5-6-7-8-9-10-11-15(12-2,13-3)14-4;1-5-8-9-10-11-15(12-4,13-6-2)14-7-3;1-5-6-7-8-9-13(10-2,11-3)12-4;1-5-9-12(8-4,10-6-2)11-7-3;1-5-8-11(4,9-6-2)10-7-3;1-5-9(6-2,7-3)8-4;1-5-8(4,6-2)7-3/h5-17H2,1-4H3;5-15H2,1-4H3;5-13H2,1-4H3;2*5-11H2,1-4H3;5-9H2,1-4H3;5-8H2,1-4H3;5-7H2,1-4H3;5H2,1-4H3;1-4H3. The van der Waals surface area contributed by atoms with E-state index in [9.17, 15) is 0 Å². The van der Waals surface area contributed by atoms with Gasteiger partial charge in [-0.3, -0.25) is 0 Å². The van der Waals surface area contributed by atoms with Gasteiger partial charge in [0.15, 0.2) is 0 Å². The third kappa shape index (κ3) is 94.9. The average molecular weight is 2200 g/mol. The molecule has 140 heavy (non-hydrogen) atoms. The van der Waals surface area contributed by atoms with Crippen LogP contribution in [0.5, 0.6) is 0 Å². The predicted octanol–water partition coefficient (Wildman–Crippen LogP) is 28.3. The number of rotatable bonds is 90. The van der Waals surface area contributed by atoms with Crippen LogP contribution in [0.4, 0.5) is 0 Å². The summed E-state index contributed by atoms with van der Waals surface area (Å²) in [6.45, 7) is 53.0. The minimum atomic E-state index is -2.36. The predicted molar refractivity (Wildman–Crippen MR) is 603 cm³/mol. The van der Waals surface area contributed by atoms with Crippen molar-refractivity contribution in [2.24, 2.45) is 0 Å². The lowest BCUT2D eigenvalue weighted by Crippen LogP contribution is -2.45. The summed E-state index contributed by atoms with van der Waals surface area (Å²) in [5.74, 6) is 0. The smallest absolute Gasteiger partial charge is 0.377 e. The van der Waals surface area contributed by atoms with E-state index < -0.39 is 88.0 Å². The van der Waals surface area contributed by atoms with Crippen LogP contribution in [0.15, 0.2) is 0 Å². The Morgan fingerprint density at radius 3 is 0.343 bits per heavy atom. The van der Waals surface area contributed by atoms with Crippen molar-refractivity contribution in [1.82, 2.24) is 0 Å². The molecule has 0 aliphatic heterocycles. The summed E-state index contributed by atoms with van der Waals surface area (Å²) in [5, 5.41) is 0. The second-order valence-electron chi connectivity index (χ2n) is 33.3. The zero-order valence-electron chi connectivity index (χ0n) is 99.7. The van der Waals surface area contributed by atoms with Crippen molar-refractivity contribution in [2.45, 2.75) is 457 Å². The molecule has 0 saturated carbocycles. The van der Waals surface area contributed by atoms with Gasteiger partial charge in [0, 0.05) is 269 Å². The van der Waals surface area contributed by atoms with E-state index in [1.165, 1.54) is 218 Å². The first kappa shape index (κ1) is 161. The fourth-order valence-electron chi connectivity index (χ4n) is 14.6. The van der Waals surface area contributed by atoms with Crippen LogP contribution >= 0.6 is 0 Å². The summed E-state index contributed by atoms with van der Waals surface area (Å²) >= 11 is 0. The lowest BCUT2D eigenvalue weighted by molar-refractivity contribution is 0.0723. The van der Waals surface area contributed by atoms with E-state index in [0.29, 0.717) is 79.3 Å². The van der Waals surface area contributed by atoms with Gasteiger partial charge in [-0.25, -0.2) is 0 Å². The normalized spacial score (nSPS) is 12.0. The van der Waals surface area contributed by atoms with Crippen molar-refractivity contribution in [1.29, 1.82) is 0 Å². The Morgan fingerprint density at radius 2 is 0.236 bits per heavy atom. The van der Waals surface area contributed by atoms with Gasteiger partial charge in [0.05, 0.1) is 0 Å². The summed E-state index contributed by atoms with van der Waals surface area (Å²) in [5.41, 5.74) is 0. The topological polar surface area (TPSA) is 277 Å². The Labute approximate surface area is 879 Å². The summed E-state index contributed by atoms with van der Waals surface area (Å²) in [6.07, 6.45) is 52.3. The highest BCUT2D eigenvalue weighted by atomic mass is 28.4. The van der Waals surface area contributed by atoms with E-state index in [2.05, 4.69) is 41.5 Å². The second-order valence-corrected chi connectivity index (χ2v) is 62.9. The summed E-state index contributed by atoms with van der Waals surface area (Å²) in [7, 11) is 7.08. The van der Waals surface area contributed by atoms with Gasteiger partial charge < -0.3 is 133 Å². The zero-order valence-corrected chi connectivity index (χ0v) is 110. The summed E-state index contributed by atoms with van der Waals surface area (Å²) < 4.78 is 162. The summed E-state index contributed by atoms with van der Waals surface area (Å²) in [6, 6.07) is 7.33. The van der Waals surface area contributed by atoms with Gasteiger partial charge in [0.25, 0.3) is 0 Å². The van der Waals surface area contributed by atoms with Crippen molar-refractivity contribution in [2.75, 3.05) is 207 Å². The van der Waals surface area contributed by atoms with Gasteiger partial charge in [0.1, 0.15) is 0 Å². The van der Waals surface area contributed by atoms with Gasteiger partial charge in [0.2, 0.25) is 0 Å². The van der Waals surface area contributed by atoms with E-state index >= 15 is 0 Å². The third-order valence-corrected chi connectivity index (χ3v) is 51.2. The molecule has 0 N–H and O–H groups in total. The first-order valence-corrected chi connectivity index (χ1v) is 74.8. The molecule has 0 aliphatic carbocycles. The van der Waals surface area contributed by atoms with Gasteiger partial charge in [-0.15, -0.1) is 0 Å². The first-order valence-electron chi connectivity index (χ1n) is 54.9. The van der Waals surface area contributed by atoms with Crippen LogP contribution in [0.3, 0.4) is 0 Å². The van der Waals surface area contributed by atoms with Crippen LogP contribution < -0.4 is 0 Å². The van der Waals surface area contributed by atoms with Crippen molar-refractivity contribution in [3.63, 3.8) is 0 Å². The van der Waals surface area contributed by atoms with E-state index in [4.69, 9.17) is 133 Å². The average Bonchev–Trinajstić information content (AvgIpc) is 0.875. The Hall–Kier alpha value is 0.969. The highest BCUT2D eigenvalue weighted by molar-refractivity contribution is 6.63. The van der Waals surface area contributed by atoms with Crippen molar-refractivity contribution in [3.8, 4) is 0 Å². The molecular formula is C100H240O30Si10. The molecule has 0 aromatic carbocycles. The molecule has 0 radical (unpaired) electrons. The second kappa shape index (κ2) is 119. The van der Waals surface area contributed by atoms with Crippen molar-refractivity contribution in [3.05, 3.63) is 0 Å². The molecule has 0 saturated heterocycles. The Bertz CT molecular complexity index is 2180. The largest absolute Gasteiger partial charge is 0.500 e. The fourth-order valence-corrected chi connectivity index (χ4v) is 33.0. The molecule has 0 spiro atoms. The molecule has 0 rings (SSSR count). The van der Waals surface area contributed by atoms with Crippen LogP contribution in [0.2, 0.25) is 61.4 Å². The molecule has 0 aliphatic rings. The maximum Gasteiger partial charge on any atom is 0.500 e. The van der Waals surface area contributed by atoms with Crippen molar-refractivity contribution >= 4 is 88.0 Å². The molecule has 0 fully saturated rings. The summed E-state index contributed by atoms with van der Waals surface area (Å²) in [4.78, 5) is 0. The molecule has 860 valence electrons. The molecule has 0 aromatic heterocycles. The van der Waals surface area contributed by atoms with Gasteiger partial charge in [-0.05, 0) is 122 Å². The Kier molecular flexibility index (Phi) is 136. The van der Waals surface area contributed by atoms with Crippen LogP contribution in [0, 0.1) is 0 Å². The lowest BCUT2D eigenvalue weighted by atomic mass is 10.1. The minimum Gasteiger partial charge on any atom is -0.377 e. The molecule has 30 nitrogen and oxygen atoms in total. The lowest BCUT2D eigenvalue weighted by Gasteiger charge is -2.27. The number of hydrogen-bond donors (Lipinski definition) is 0. The molecule has 0 bridgehead atoms. The minimum absolute atomic E-state index is 0.655. The quantitative estimate of drug-likeness (QED) is 0.0404. The first-order chi connectivity index (χ1) is 67.3. The molecule has 0 amide bonds. The van der Waals surface area contributed by atoms with Crippen LogP contribution in [-0.2, 0) is 133 Å². The Morgan fingerprint density at radius 1 is 0.114 bits per heavy atom. The van der Waals surface area contributed by atoms with E-state index in [1.54, 1.807) is 128 Å². The zero-order chi connectivity index (χ0) is 109. The SMILES string of the molecule is CCCCCCCCCCCC[Si](OC)(OC)OC.CCCCCCCCCCCC[Si](OC)(OCC)OCC.CCCCCCCC[Si](OC)(OC)OC.CCCCCCCC[Si](OC)(OCC)OCC.CCCCCC[Si](OC)(OC)OC.CCCCCC[Si](OC)(OCC)OCC.CCO[Si](C)(OCC)OCC.CCO[Si](CC)(OCC)OCC.CC[Si](OC)(OC)OC.CO[Si](C)(OC)OC. The van der Waals surface area contributed by atoms with Crippen LogP contribution in [0.25, 0.3) is 0 Å². The highest BCUT2D eigenvalue weighted by Crippen LogP contribution is 2.27. The number of unbranched alkanes of at least 4 members (excludes halogenated alkanes) is 34. The maximum atomic E-state index is 5.80. The molecule has 0 heterocycles. The van der Waals surface area contributed by atoms with Crippen molar-refractivity contribution < 1.29 is 133 Å². The fraction of sp³-hybridized carbons (Fsp3) is 1.00. The van der Waals surface area contributed by atoms with E-state index in [1.807, 2.05) is 110 Å². The van der Waals surface area contributed by atoms with Gasteiger partial charge in [-0.1, -0.05) is 274 Å². The maximum absolute atomic E-state index is 5.80.